The highest BCUT2D eigenvalue weighted by molar-refractivity contribution is 5.75. The van der Waals surface area contributed by atoms with Crippen LogP contribution in [0.25, 0.3) is 0 Å². The first-order valence-electron chi connectivity index (χ1n) is 9.16. The van der Waals surface area contributed by atoms with Crippen molar-refractivity contribution in [2.45, 2.75) is 25.8 Å². The van der Waals surface area contributed by atoms with Crippen molar-refractivity contribution in [1.29, 1.82) is 0 Å². The smallest absolute Gasteiger partial charge is 0.220 e. The lowest BCUT2D eigenvalue weighted by molar-refractivity contribution is -0.121. The number of benzene rings is 1. The maximum atomic E-state index is 11.9. The third kappa shape index (κ3) is 6.71. The molecule has 1 amide bonds. The summed E-state index contributed by atoms with van der Waals surface area (Å²) >= 11 is 0. The molecule has 0 spiro atoms. The zero-order valence-corrected chi connectivity index (χ0v) is 15.5. The van der Waals surface area contributed by atoms with Crippen LogP contribution in [0.4, 0.5) is 0 Å². The molecule has 0 aliphatic carbocycles. The SMILES string of the molecule is O=C(CCCc1cn[nH]n1)NCc1ccc(OCCOc2ccccc2)nc1. The van der Waals surface area contributed by atoms with Crippen molar-refractivity contribution in [3.05, 3.63) is 66.1 Å². The van der Waals surface area contributed by atoms with Crippen LogP contribution in [0, 0.1) is 0 Å². The number of hydrogen-bond donors (Lipinski definition) is 2. The fourth-order valence-corrected chi connectivity index (χ4v) is 2.49. The number of carbonyl (C=O) groups is 1. The quantitative estimate of drug-likeness (QED) is 0.494. The third-order valence-electron chi connectivity index (χ3n) is 3.93. The zero-order valence-electron chi connectivity index (χ0n) is 15.5. The Kier molecular flexibility index (Phi) is 7.37. The lowest BCUT2D eigenvalue weighted by Crippen LogP contribution is -2.22. The first kappa shape index (κ1) is 19.3. The van der Waals surface area contributed by atoms with Crippen LogP contribution in [0.3, 0.4) is 0 Å². The zero-order chi connectivity index (χ0) is 19.4. The van der Waals surface area contributed by atoms with E-state index >= 15 is 0 Å². The van der Waals surface area contributed by atoms with Crippen LogP contribution in [-0.2, 0) is 17.8 Å². The van der Waals surface area contributed by atoms with Crippen LogP contribution in [-0.4, -0.2) is 39.5 Å². The summed E-state index contributed by atoms with van der Waals surface area (Å²) in [4.78, 5) is 16.1. The minimum atomic E-state index is 0.00174. The molecule has 28 heavy (non-hydrogen) atoms. The van der Waals surface area contributed by atoms with Gasteiger partial charge in [0.25, 0.3) is 0 Å². The van der Waals surface area contributed by atoms with E-state index in [1.807, 2.05) is 36.4 Å². The van der Waals surface area contributed by atoms with Gasteiger partial charge in [-0.3, -0.25) is 4.79 Å². The van der Waals surface area contributed by atoms with Gasteiger partial charge < -0.3 is 14.8 Å². The Morgan fingerprint density at radius 3 is 2.64 bits per heavy atom. The normalized spacial score (nSPS) is 10.4. The third-order valence-corrected chi connectivity index (χ3v) is 3.93. The number of pyridine rings is 1. The van der Waals surface area contributed by atoms with E-state index in [4.69, 9.17) is 9.47 Å². The fourth-order valence-electron chi connectivity index (χ4n) is 2.49. The van der Waals surface area contributed by atoms with Crippen LogP contribution in [0.5, 0.6) is 11.6 Å². The number of carbonyl (C=O) groups excluding carboxylic acids is 1. The average Bonchev–Trinajstić information content (AvgIpc) is 3.25. The predicted molar refractivity (Wildman–Crippen MR) is 103 cm³/mol. The second kappa shape index (κ2) is 10.7. The molecule has 2 heterocycles. The molecular formula is C20H23N5O3. The number of hydrogen-bond acceptors (Lipinski definition) is 6. The van der Waals surface area contributed by atoms with Crippen LogP contribution in [0.1, 0.15) is 24.1 Å². The molecule has 0 aliphatic rings. The van der Waals surface area contributed by atoms with Crippen molar-refractivity contribution in [3.63, 3.8) is 0 Å². The van der Waals surface area contributed by atoms with Gasteiger partial charge >= 0.3 is 0 Å². The highest BCUT2D eigenvalue weighted by atomic mass is 16.5. The van der Waals surface area contributed by atoms with Crippen molar-refractivity contribution < 1.29 is 14.3 Å². The minimum Gasteiger partial charge on any atom is -0.490 e. The molecule has 0 fully saturated rings. The van der Waals surface area contributed by atoms with Gasteiger partial charge in [-0.2, -0.15) is 15.4 Å². The number of ether oxygens (including phenoxy) is 2. The van der Waals surface area contributed by atoms with E-state index in [-0.39, 0.29) is 5.91 Å². The van der Waals surface area contributed by atoms with Gasteiger partial charge in [0.2, 0.25) is 11.8 Å². The summed E-state index contributed by atoms with van der Waals surface area (Å²) in [5.41, 5.74) is 1.78. The van der Waals surface area contributed by atoms with Gasteiger partial charge in [-0.25, -0.2) is 4.98 Å². The number of aryl methyl sites for hydroxylation is 1. The molecule has 0 saturated carbocycles. The Morgan fingerprint density at radius 1 is 1.04 bits per heavy atom. The molecule has 3 rings (SSSR count). The van der Waals surface area contributed by atoms with Crippen molar-refractivity contribution in [2.75, 3.05) is 13.2 Å². The van der Waals surface area contributed by atoms with Crippen molar-refractivity contribution in [2.24, 2.45) is 0 Å². The number of H-pyrrole nitrogens is 1. The second-order valence-electron chi connectivity index (χ2n) is 6.11. The van der Waals surface area contributed by atoms with E-state index in [0.717, 1.165) is 29.8 Å². The largest absolute Gasteiger partial charge is 0.490 e. The molecule has 1 aromatic carbocycles. The molecule has 8 nitrogen and oxygen atoms in total. The van der Waals surface area contributed by atoms with Crippen LogP contribution in [0.2, 0.25) is 0 Å². The number of rotatable bonds is 11. The van der Waals surface area contributed by atoms with E-state index in [1.165, 1.54) is 0 Å². The monoisotopic (exact) mass is 381 g/mol. The number of aromatic amines is 1. The topological polar surface area (TPSA) is 102 Å². The van der Waals surface area contributed by atoms with Crippen LogP contribution in [0.15, 0.2) is 54.9 Å². The van der Waals surface area contributed by atoms with E-state index in [2.05, 4.69) is 25.7 Å². The summed E-state index contributed by atoms with van der Waals surface area (Å²) in [7, 11) is 0. The van der Waals surface area contributed by atoms with E-state index in [1.54, 1.807) is 18.5 Å². The first-order chi connectivity index (χ1) is 13.8. The van der Waals surface area contributed by atoms with Gasteiger partial charge in [0.05, 0.1) is 11.9 Å². The van der Waals surface area contributed by atoms with Crippen LogP contribution >= 0.6 is 0 Å². The molecule has 0 bridgehead atoms. The highest BCUT2D eigenvalue weighted by Crippen LogP contribution is 2.10. The molecule has 0 atom stereocenters. The number of nitrogens with zero attached hydrogens (tertiary/aromatic N) is 3. The predicted octanol–water partition coefficient (Wildman–Crippen LogP) is 2.30. The summed E-state index contributed by atoms with van der Waals surface area (Å²) < 4.78 is 11.1. The van der Waals surface area contributed by atoms with E-state index in [0.29, 0.717) is 32.1 Å². The number of amides is 1. The summed E-state index contributed by atoms with van der Waals surface area (Å²) in [6.07, 6.45) is 5.27. The molecule has 0 saturated heterocycles. The standard InChI is InChI=1S/C20H23N5O3/c26-19(8-4-5-17-15-23-25-24-17)21-13-16-9-10-20(22-14-16)28-12-11-27-18-6-2-1-3-7-18/h1-3,6-7,9-10,14-15H,4-5,8,11-13H2,(H,21,26)(H,23,24,25). The van der Waals surface area contributed by atoms with Crippen molar-refractivity contribution in [3.8, 4) is 11.6 Å². The Bertz CT molecular complexity index is 823. The molecule has 2 N–H and O–H groups in total. The summed E-state index contributed by atoms with van der Waals surface area (Å²) in [5.74, 6) is 1.34. The van der Waals surface area contributed by atoms with Crippen molar-refractivity contribution >= 4 is 5.91 Å². The number of nitrogens with one attached hydrogen (secondary N) is 2. The maximum absolute atomic E-state index is 11.9. The lowest BCUT2D eigenvalue weighted by Gasteiger charge is -2.08. The molecule has 8 heteroatoms. The Hall–Kier alpha value is -3.42. The maximum Gasteiger partial charge on any atom is 0.220 e. The molecule has 3 aromatic rings. The second-order valence-corrected chi connectivity index (χ2v) is 6.11. The molecule has 146 valence electrons. The van der Waals surface area contributed by atoms with Gasteiger partial charge in [-0.05, 0) is 30.5 Å². The Balaban J connectivity index is 1.29. The van der Waals surface area contributed by atoms with Gasteiger partial charge in [-0.15, -0.1) is 0 Å². The van der Waals surface area contributed by atoms with Gasteiger partial charge in [0.1, 0.15) is 19.0 Å². The van der Waals surface area contributed by atoms with E-state index < -0.39 is 0 Å². The Labute approximate surface area is 163 Å². The summed E-state index contributed by atoms with van der Waals surface area (Å²) in [6.45, 7) is 1.29. The molecule has 0 aliphatic heterocycles. The lowest BCUT2D eigenvalue weighted by atomic mass is 10.2. The van der Waals surface area contributed by atoms with Gasteiger partial charge in [0.15, 0.2) is 0 Å². The van der Waals surface area contributed by atoms with Crippen LogP contribution < -0.4 is 14.8 Å². The van der Waals surface area contributed by atoms with Gasteiger partial charge in [0, 0.05) is 25.2 Å². The molecule has 2 aromatic heterocycles. The average molecular weight is 381 g/mol. The molecule has 0 radical (unpaired) electrons. The minimum absolute atomic E-state index is 0.00174. The van der Waals surface area contributed by atoms with Crippen molar-refractivity contribution in [1.82, 2.24) is 25.7 Å². The molecular weight excluding hydrogens is 358 g/mol. The highest BCUT2D eigenvalue weighted by Gasteiger charge is 2.04. The van der Waals surface area contributed by atoms with Gasteiger partial charge in [-0.1, -0.05) is 24.3 Å². The number of para-hydroxylation sites is 1. The summed E-state index contributed by atoms with van der Waals surface area (Å²) in [6, 6.07) is 13.3. The molecule has 0 unspecified atom stereocenters. The first-order valence-corrected chi connectivity index (χ1v) is 9.16. The van der Waals surface area contributed by atoms with E-state index in [9.17, 15) is 4.79 Å². The fraction of sp³-hybridized carbons (Fsp3) is 0.300. The summed E-state index contributed by atoms with van der Waals surface area (Å²) in [5, 5.41) is 13.1. The Morgan fingerprint density at radius 2 is 1.89 bits per heavy atom. The number of aromatic nitrogens is 4.